The summed E-state index contributed by atoms with van der Waals surface area (Å²) >= 11 is 0. The van der Waals surface area contributed by atoms with Crippen LogP contribution in [0.5, 0.6) is 0 Å². The van der Waals surface area contributed by atoms with E-state index < -0.39 is 5.60 Å². The molecule has 2 unspecified atom stereocenters. The maximum absolute atomic E-state index is 10.4. The van der Waals surface area contributed by atoms with Gasteiger partial charge in [-0.1, -0.05) is 27.7 Å². The Kier molecular flexibility index (Phi) is 2.79. The van der Waals surface area contributed by atoms with Crippen molar-refractivity contribution in [2.75, 3.05) is 13.1 Å². The van der Waals surface area contributed by atoms with Crippen LogP contribution in [0, 0.1) is 17.8 Å². The Labute approximate surface area is 75.4 Å². The van der Waals surface area contributed by atoms with Gasteiger partial charge < -0.3 is 10.4 Å². The second-order valence-corrected chi connectivity index (χ2v) is 4.50. The van der Waals surface area contributed by atoms with Gasteiger partial charge in [-0.2, -0.15) is 0 Å². The fraction of sp³-hybridized carbons (Fsp3) is 1.00. The van der Waals surface area contributed by atoms with Gasteiger partial charge in [0.15, 0.2) is 0 Å². The third kappa shape index (κ3) is 1.38. The largest absolute Gasteiger partial charge is 0.389 e. The number of nitrogens with one attached hydrogen (secondary N) is 1. The molecule has 12 heavy (non-hydrogen) atoms. The zero-order valence-electron chi connectivity index (χ0n) is 8.59. The second kappa shape index (κ2) is 3.35. The van der Waals surface area contributed by atoms with Crippen LogP contribution in [0.3, 0.4) is 0 Å². The molecule has 1 fully saturated rings. The van der Waals surface area contributed by atoms with E-state index in [0.29, 0.717) is 17.8 Å². The highest BCUT2D eigenvalue weighted by Crippen LogP contribution is 2.35. The molecule has 2 nitrogen and oxygen atoms in total. The fourth-order valence-corrected chi connectivity index (χ4v) is 2.47. The Morgan fingerprint density at radius 3 is 1.92 bits per heavy atom. The van der Waals surface area contributed by atoms with Gasteiger partial charge in [0, 0.05) is 13.1 Å². The molecule has 1 rings (SSSR count). The first-order valence-corrected chi connectivity index (χ1v) is 4.92. The van der Waals surface area contributed by atoms with Crippen molar-refractivity contribution < 1.29 is 5.11 Å². The zero-order chi connectivity index (χ0) is 9.35. The van der Waals surface area contributed by atoms with Crippen LogP contribution in [0.1, 0.15) is 27.7 Å². The van der Waals surface area contributed by atoms with Crippen molar-refractivity contribution in [2.24, 2.45) is 17.8 Å². The normalized spacial score (nSPS) is 43.5. The fourth-order valence-electron chi connectivity index (χ4n) is 2.47. The minimum atomic E-state index is -0.467. The first-order chi connectivity index (χ1) is 5.49. The number of piperidine rings is 1. The average Bonchev–Trinajstić information content (AvgIpc) is 1.99. The van der Waals surface area contributed by atoms with E-state index in [1.165, 1.54) is 0 Å². The lowest BCUT2D eigenvalue weighted by molar-refractivity contribution is -0.109. The van der Waals surface area contributed by atoms with Crippen molar-refractivity contribution in [2.45, 2.75) is 33.3 Å². The SMILES string of the molecule is CC(C)C1(O)C(C)CNCC1C. The third-order valence-electron chi connectivity index (χ3n) is 3.40. The van der Waals surface area contributed by atoms with Crippen molar-refractivity contribution >= 4 is 0 Å². The first-order valence-electron chi connectivity index (χ1n) is 4.92. The smallest absolute Gasteiger partial charge is 0.0745 e. The molecule has 1 saturated heterocycles. The molecule has 1 aliphatic rings. The summed E-state index contributed by atoms with van der Waals surface area (Å²) in [5, 5.41) is 13.8. The van der Waals surface area contributed by atoms with Gasteiger partial charge in [-0.15, -0.1) is 0 Å². The number of aliphatic hydroxyl groups is 1. The maximum atomic E-state index is 10.4. The van der Waals surface area contributed by atoms with Crippen molar-refractivity contribution in [3.8, 4) is 0 Å². The highest BCUT2D eigenvalue weighted by atomic mass is 16.3. The van der Waals surface area contributed by atoms with E-state index in [-0.39, 0.29) is 0 Å². The molecular weight excluding hydrogens is 150 g/mol. The summed E-state index contributed by atoms with van der Waals surface area (Å²) < 4.78 is 0. The topological polar surface area (TPSA) is 32.3 Å². The first kappa shape index (κ1) is 10.0. The summed E-state index contributed by atoms with van der Waals surface area (Å²) in [4.78, 5) is 0. The van der Waals surface area contributed by atoms with Crippen LogP contribution in [0.2, 0.25) is 0 Å². The molecular formula is C10H21NO. The van der Waals surface area contributed by atoms with E-state index in [1.54, 1.807) is 0 Å². The molecule has 0 bridgehead atoms. The van der Waals surface area contributed by atoms with E-state index in [1.807, 2.05) is 0 Å². The third-order valence-corrected chi connectivity index (χ3v) is 3.40. The molecule has 0 aromatic carbocycles. The van der Waals surface area contributed by atoms with Crippen LogP contribution >= 0.6 is 0 Å². The molecule has 0 spiro atoms. The molecule has 0 radical (unpaired) electrons. The predicted octanol–water partition coefficient (Wildman–Crippen LogP) is 1.25. The van der Waals surface area contributed by atoms with E-state index in [9.17, 15) is 5.11 Å². The van der Waals surface area contributed by atoms with Crippen LogP contribution in [-0.4, -0.2) is 23.8 Å². The van der Waals surface area contributed by atoms with Gasteiger partial charge >= 0.3 is 0 Å². The van der Waals surface area contributed by atoms with E-state index in [4.69, 9.17) is 0 Å². The van der Waals surface area contributed by atoms with Crippen LogP contribution in [0.25, 0.3) is 0 Å². The van der Waals surface area contributed by atoms with E-state index in [2.05, 4.69) is 33.0 Å². The Bertz CT molecular complexity index is 146. The van der Waals surface area contributed by atoms with Crippen molar-refractivity contribution in [1.29, 1.82) is 0 Å². The van der Waals surface area contributed by atoms with Gasteiger partial charge in [-0.05, 0) is 17.8 Å². The summed E-state index contributed by atoms with van der Waals surface area (Å²) in [5.74, 6) is 1.08. The van der Waals surface area contributed by atoms with Crippen molar-refractivity contribution in [3.63, 3.8) is 0 Å². The zero-order valence-corrected chi connectivity index (χ0v) is 8.59. The molecule has 0 aliphatic carbocycles. The summed E-state index contributed by atoms with van der Waals surface area (Å²) in [5.41, 5.74) is -0.467. The summed E-state index contributed by atoms with van der Waals surface area (Å²) in [7, 11) is 0. The maximum Gasteiger partial charge on any atom is 0.0745 e. The summed E-state index contributed by atoms with van der Waals surface area (Å²) in [6.07, 6.45) is 0. The molecule has 2 atom stereocenters. The minimum absolute atomic E-state index is 0.351. The van der Waals surface area contributed by atoms with Gasteiger partial charge in [0.05, 0.1) is 5.60 Å². The molecule has 1 heterocycles. The van der Waals surface area contributed by atoms with Crippen LogP contribution in [-0.2, 0) is 0 Å². The molecule has 0 saturated carbocycles. The highest BCUT2D eigenvalue weighted by molar-refractivity contribution is 4.96. The standard InChI is InChI=1S/C10H21NO/c1-7(2)10(12)8(3)5-11-6-9(10)4/h7-9,11-12H,5-6H2,1-4H3. The minimum Gasteiger partial charge on any atom is -0.389 e. The Balaban J connectivity index is 2.80. The van der Waals surface area contributed by atoms with Crippen LogP contribution < -0.4 is 5.32 Å². The van der Waals surface area contributed by atoms with Gasteiger partial charge in [0.2, 0.25) is 0 Å². The summed E-state index contributed by atoms with van der Waals surface area (Å²) in [6, 6.07) is 0. The van der Waals surface area contributed by atoms with Gasteiger partial charge in [-0.25, -0.2) is 0 Å². The van der Waals surface area contributed by atoms with E-state index in [0.717, 1.165) is 13.1 Å². The van der Waals surface area contributed by atoms with Gasteiger partial charge in [0.25, 0.3) is 0 Å². The van der Waals surface area contributed by atoms with Crippen molar-refractivity contribution in [3.05, 3.63) is 0 Å². The predicted molar refractivity (Wildman–Crippen MR) is 51.0 cm³/mol. The molecule has 1 aliphatic heterocycles. The molecule has 2 heteroatoms. The molecule has 0 aromatic rings. The lowest BCUT2D eigenvalue weighted by Crippen LogP contribution is -2.57. The molecule has 2 N–H and O–H groups in total. The summed E-state index contributed by atoms with van der Waals surface area (Å²) in [6.45, 7) is 10.4. The van der Waals surface area contributed by atoms with Crippen LogP contribution in [0.15, 0.2) is 0 Å². The molecule has 0 amide bonds. The van der Waals surface area contributed by atoms with Crippen molar-refractivity contribution in [1.82, 2.24) is 5.32 Å². The van der Waals surface area contributed by atoms with E-state index >= 15 is 0 Å². The molecule has 0 aromatic heterocycles. The average molecular weight is 171 g/mol. The highest BCUT2D eigenvalue weighted by Gasteiger charge is 2.43. The molecule has 72 valence electrons. The van der Waals surface area contributed by atoms with Gasteiger partial charge in [0.1, 0.15) is 0 Å². The van der Waals surface area contributed by atoms with Crippen LogP contribution in [0.4, 0.5) is 0 Å². The Hall–Kier alpha value is -0.0800. The number of rotatable bonds is 1. The lowest BCUT2D eigenvalue weighted by atomic mass is 9.69. The monoisotopic (exact) mass is 171 g/mol. The number of hydrogen-bond donors (Lipinski definition) is 2. The number of hydrogen-bond acceptors (Lipinski definition) is 2. The Morgan fingerprint density at radius 1 is 1.25 bits per heavy atom. The second-order valence-electron chi connectivity index (χ2n) is 4.50. The lowest BCUT2D eigenvalue weighted by Gasteiger charge is -2.46. The Morgan fingerprint density at radius 2 is 1.67 bits per heavy atom. The quantitative estimate of drug-likeness (QED) is 0.622. The van der Waals surface area contributed by atoms with Gasteiger partial charge in [-0.3, -0.25) is 0 Å².